The second-order valence-electron chi connectivity index (χ2n) is 6.05. The van der Waals surface area contributed by atoms with Gasteiger partial charge in [-0.05, 0) is 38.8 Å². The predicted molar refractivity (Wildman–Crippen MR) is 74.3 cm³/mol. The van der Waals surface area contributed by atoms with Crippen LogP contribution in [0.4, 0.5) is 0 Å². The zero-order chi connectivity index (χ0) is 13.5. The zero-order valence-corrected chi connectivity index (χ0v) is 11.7. The first kappa shape index (κ1) is 13.0. The lowest BCUT2D eigenvalue weighted by molar-refractivity contribution is -0.0476. The number of ether oxygens (including phenoxy) is 1. The van der Waals surface area contributed by atoms with Gasteiger partial charge in [-0.2, -0.15) is 0 Å². The number of hydrogen-bond acceptors (Lipinski definition) is 4. The van der Waals surface area contributed by atoms with E-state index in [9.17, 15) is 5.11 Å². The highest BCUT2D eigenvalue weighted by Crippen LogP contribution is 2.48. The number of aliphatic hydroxyl groups is 1. The molecule has 0 aromatic rings. The minimum Gasteiger partial charge on any atom is -0.488 e. The Bertz CT molecular complexity index is 399. The summed E-state index contributed by atoms with van der Waals surface area (Å²) in [5, 5.41) is 14.3. The maximum atomic E-state index is 10.9. The Morgan fingerprint density at radius 2 is 2.26 bits per heavy atom. The van der Waals surface area contributed by atoms with Gasteiger partial charge in [-0.15, -0.1) is 0 Å². The van der Waals surface area contributed by atoms with E-state index in [1.165, 1.54) is 0 Å². The molecule has 3 rings (SSSR count). The predicted octanol–water partition coefficient (Wildman–Crippen LogP) is 1.59. The first-order valence-electron chi connectivity index (χ1n) is 7.36. The Morgan fingerprint density at radius 1 is 1.53 bits per heavy atom. The summed E-state index contributed by atoms with van der Waals surface area (Å²) in [6.07, 6.45) is 5.89. The lowest BCUT2D eigenvalue weighted by Gasteiger charge is -2.38. The number of rotatable bonds is 2. The van der Waals surface area contributed by atoms with E-state index in [0.717, 1.165) is 44.5 Å². The van der Waals surface area contributed by atoms with Crippen molar-refractivity contribution in [3.05, 3.63) is 24.1 Å². The molecule has 0 aromatic heterocycles. The monoisotopic (exact) mass is 264 g/mol. The van der Waals surface area contributed by atoms with Crippen LogP contribution in [0.5, 0.6) is 0 Å². The number of piperidine rings is 1. The minimum absolute atomic E-state index is 0.0662. The van der Waals surface area contributed by atoms with E-state index in [1.807, 2.05) is 6.08 Å². The van der Waals surface area contributed by atoms with Crippen molar-refractivity contribution in [3.63, 3.8) is 0 Å². The third kappa shape index (κ3) is 2.07. The third-order valence-corrected chi connectivity index (χ3v) is 4.98. The topological polar surface area (TPSA) is 44.7 Å². The van der Waals surface area contributed by atoms with Gasteiger partial charge in [-0.25, -0.2) is 0 Å². The van der Waals surface area contributed by atoms with Crippen LogP contribution in [-0.2, 0) is 4.74 Å². The summed E-state index contributed by atoms with van der Waals surface area (Å²) in [4.78, 5) is 2.20. The maximum absolute atomic E-state index is 10.9. The van der Waals surface area contributed by atoms with E-state index in [4.69, 9.17) is 4.74 Å². The molecule has 0 aliphatic carbocycles. The highest BCUT2D eigenvalue weighted by Gasteiger charge is 2.51. The van der Waals surface area contributed by atoms with E-state index in [0.29, 0.717) is 18.4 Å². The Kier molecular flexibility index (Phi) is 3.31. The van der Waals surface area contributed by atoms with E-state index >= 15 is 0 Å². The van der Waals surface area contributed by atoms with Gasteiger partial charge in [0.25, 0.3) is 0 Å². The number of allylic oxidation sites excluding steroid dienone is 1. The highest BCUT2D eigenvalue weighted by atomic mass is 16.5. The number of nitrogens with zero attached hydrogens (tertiary/aromatic N) is 1. The van der Waals surface area contributed by atoms with Gasteiger partial charge in [-0.3, -0.25) is 0 Å². The summed E-state index contributed by atoms with van der Waals surface area (Å²) < 4.78 is 5.44. The van der Waals surface area contributed by atoms with Gasteiger partial charge in [-0.1, -0.05) is 13.5 Å². The molecule has 19 heavy (non-hydrogen) atoms. The minimum atomic E-state index is -0.375. The van der Waals surface area contributed by atoms with Crippen molar-refractivity contribution >= 4 is 0 Å². The van der Waals surface area contributed by atoms with Crippen LogP contribution < -0.4 is 5.32 Å². The molecule has 0 saturated carbocycles. The molecule has 4 heteroatoms. The highest BCUT2D eigenvalue weighted by molar-refractivity contribution is 5.24. The smallest absolute Gasteiger partial charge is 0.132 e. The van der Waals surface area contributed by atoms with Crippen molar-refractivity contribution < 1.29 is 9.84 Å². The quantitative estimate of drug-likeness (QED) is 0.795. The van der Waals surface area contributed by atoms with E-state index in [1.54, 1.807) is 0 Å². The maximum Gasteiger partial charge on any atom is 0.132 e. The molecule has 2 saturated heterocycles. The fraction of sp³-hybridized carbons (Fsp3) is 0.733. The van der Waals surface area contributed by atoms with Crippen molar-refractivity contribution in [2.75, 3.05) is 19.7 Å². The van der Waals surface area contributed by atoms with Crippen molar-refractivity contribution in [1.82, 2.24) is 10.2 Å². The van der Waals surface area contributed by atoms with Gasteiger partial charge in [0.15, 0.2) is 0 Å². The molecule has 1 spiro atoms. The summed E-state index contributed by atoms with van der Waals surface area (Å²) in [7, 11) is 0. The van der Waals surface area contributed by atoms with Gasteiger partial charge < -0.3 is 20.1 Å². The van der Waals surface area contributed by atoms with Gasteiger partial charge in [0, 0.05) is 17.5 Å². The van der Waals surface area contributed by atoms with Gasteiger partial charge in [0.2, 0.25) is 0 Å². The molecule has 0 aromatic carbocycles. The number of hydrogen-bond donors (Lipinski definition) is 2. The van der Waals surface area contributed by atoms with E-state index in [2.05, 4.69) is 23.7 Å². The molecular formula is C15H24N2O2. The van der Waals surface area contributed by atoms with Crippen LogP contribution in [0.15, 0.2) is 24.1 Å². The number of likely N-dealkylation sites (tertiary alicyclic amines) is 1. The van der Waals surface area contributed by atoms with Gasteiger partial charge >= 0.3 is 0 Å². The first-order valence-corrected chi connectivity index (χ1v) is 7.36. The summed E-state index contributed by atoms with van der Waals surface area (Å²) in [6, 6.07) is 0.425. The molecule has 2 unspecified atom stereocenters. The van der Waals surface area contributed by atoms with Crippen molar-refractivity contribution in [2.45, 2.75) is 44.9 Å². The molecule has 0 radical (unpaired) electrons. The van der Waals surface area contributed by atoms with Crippen LogP contribution in [0, 0.1) is 5.41 Å². The number of nitrogens with one attached hydrogen (secondary N) is 1. The molecule has 0 bridgehead atoms. The molecule has 2 fully saturated rings. The fourth-order valence-corrected chi connectivity index (χ4v) is 3.87. The fourth-order valence-electron chi connectivity index (χ4n) is 3.87. The molecule has 2 atom stereocenters. The normalized spacial score (nSPS) is 33.7. The SMILES string of the molecule is C=C1C=C(N2C(CC)CC3(CCNCC3)C2O)CO1. The lowest BCUT2D eigenvalue weighted by atomic mass is 9.75. The Morgan fingerprint density at radius 3 is 2.84 bits per heavy atom. The van der Waals surface area contributed by atoms with Crippen LogP contribution in [0.2, 0.25) is 0 Å². The van der Waals surface area contributed by atoms with Crippen LogP contribution in [-0.4, -0.2) is 42.0 Å². The van der Waals surface area contributed by atoms with Crippen LogP contribution in [0.1, 0.15) is 32.6 Å². The van der Waals surface area contributed by atoms with E-state index in [-0.39, 0.29) is 11.6 Å². The standard InChI is InChI=1S/C15H24N2O2/c1-3-12-9-15(4-6-16-7-5-15)14(18)17(12)13-8-11(2)19-10-13/h8,12,14,16,18H,2-7,9-10H2,1H3. The van der Waals surface area contributed by atoms with Crippen molar-refractivity contribution in [2.24, 2.45) is 5.41 Å². The summed E-state index contributed by atoms with van der Waals surface area (Å²) in [5.41, 5.74) is 1.16. The summed E-state index contributed by atoms with van der Waals surface area (Å²) in [6.45, 7) is 8.63. The van der Waals surface area contributed by atoms with Gasteiger partial charge in [0.05, 0.1) is 5.70 Å². The lowest BCUT2D eigenvalue weighted by Crippen LogP contribution is -2.46. The van der Waals surface area contributed by atoms with Crippen LogP contribution in [0.3, 0.4) is 0 Å². The Hall–Kier alpha value is -1.00. The largest absolute Gasteiger partial charge is 0.488 e. The average Bonchev–Trinajstić information content (AvgIpc) is 2.94. The van der Waals surface area contributed by atoms with Gasteiger partial charge in [0.1, 0.15) is 18.6 Å². The first-order chi connectivity index (χ1) is 9.16. The average molecular weight is 264 g/mol. The summed E-state index contributed by atoms with van der Waals surface area (Å²) in [5.74, 6) is 0.711. The van der Waals surface area contributed by atoms with Crippen molar-refractivity contribution in [3.8, 4) is 0 Å². The third-order valence-electron chi connectivity index (χ3n) is 4.98. The molecule has 106 valence electrons. The molecular weight excluding hydrogens is 240 g/mol. The number of aliphatic hydroxyl groups excluding tert-OH is 1. The Balaban J connectivity index is 1.86. The molecule has 3 aliphatic heterocycles. The second-order valence-corrected chi connectivity index (χ2v) is 6.05. The second kappa shape index (κ2) is 4.84. The zero-order valence-electron chi connectivity index (χ0n) is 11.7. The van der Waals surface area contributed by atoms with Crippen molar-refractivity contribution in [1.29, 1.82) is 0 Å². The van der Waals surface area contributed by atoms with E-state index < -0.39 is 0 Å². The molecule has 3 heterocycles. The molecule has 4 nitrogen and oxygen atoms in total. The molecule has 3 aliphatic rings. The molecule has 0 amide bonds. The van der Waals surface area contributed by atoms with Crippen LogP contribution >= 0.6 is 0 Å². The molecule has 2 N–H and O–H groups in total. The summed E-state index contributed by atoms with van der Waals surface area (Å²) >= 11 is 0. The van der Waals surface area contributed by atoms with Crippen LogP contribution in [0.25, 0.3) is 0 Å². The Labute approximate surface area is 115 Å².